The highest BCUT2D eigenvalue weighted by Crippen LogP contribution is 2.31. The monoisotopic (exact) mass is 685 g/mol. The van der Waals surface area contributed by atoms with E-state index < -0.39 is 28.5 Å². The van der Waals surface area contributed by atoms with E-state index in [0.29, 0.717) is 17.0 Å². The predicted octanol–water partition coefficient (Wildman–Crippen LogP) is 7.40. The Hall–Kier alpha value is -3.56. The number of halogens is 3. The zero-order valence-corrected chi connectivity index (χ0v) is 28.0. The first-order chi connectivity index (χ1) is 21.5. The van der Waals surface area contributed by atoms with E-state index in [-0.39, 0.29) is 45.5 Å². The third-order valence-electron chi connectivity index (χ3n) is 7.34. The summed E-state index contributed by atoms with van der Waals surface area (Å²) in [5.74, 6) is -0.932. The molecule has 0 spiro atoms. The quantitative estimate of drug-likeness (QED) is 0.159. The molecule has 0 aliphatic rings. The predicted molar refractivity (Wildman–Crippen MR) is 181 cm³/mol. The highest BCUT2D eigenvalue weighted by atomic mass is 35.5. The average Bonchev–Trinajstić information content (AvgIpc) is 3.04. The van der Waals surface area contributed by atoms with E-state index in [1.165, 1.54) is 35.2 Å². The maximum absolute atomic E-state index is 14.5. The average molecular weight is 687 g/mol. The number of nitrogens with one attached hydrogen (secondary N) is 1. The molecule has 0 unspecified atom stereocenters. The van der Waals surface area contributed by atoms with Crippen LogP contribution in [0.15, 0.2) is 108 Å². The molecule has 1 N–H and O–H groups in total. The lowest BCUT2D eigenvalue weighted by molar-refractivity contribution is -0.140. The lowest BCUT2D eigenvalue weighted by Crippen LogP contribution is -2.54. The molecule has 0 heterocycles. The van der Waals surface area contributed by atoms with Crippen LogP contribution in [-0.4, -0.2) is 43.8 Å². The first-order valence-electron chi connectivity index (χ1n) is 14.4. The summed E-state index contributed by atoms with van der Waals surface area (Å²) in [5, 5.41) is 3.90. The molecule has 0 aliphatic heterocycles. The molecule has 2 amide bonds. The summed E-state index contributed by atoms with van der Waals surface area (Å²) in [5.41, 5.74) is 1.71. The molecule has 0 aliphatic carbocycles. The van der Waals surface area contributed by atoms with E-state index in [4.69, 9.17) is 34.8 Å². The van der Waals surface area contributed by atoms with Gasteiger partial charge in [0.2, 0.25) is 11.8 Å². The summed E-state index contributed by atoms with van der Waals surface area (Å²) < 4.78 is 29.1. The van der Waals surface area contributed by atoms with E-state index in [1.54, 1.807) is 42.5 Å². The Bertz CT molecular complexity index is 1710. The Labute approximate surface area is 279 Å². The van der Waals surface area contributed by atoms with Gasteiger partial charge in [-0.05, 0) is 66.9 Å². The number of amides is 2. The lowest BCUT2D eigenvalue weighted by atomic mass is 10.0. The van der Waals surface area contributed by atoms with Crippen molar-refractivity contribution >= 4 is 62.3 Å². The van der Waals surface area contributed by atoms with Gasteiger partial charge in [-0.3, -0.25) is 13.9 Å². The first kappa shape index (κ1) is 34.3. The number of anilines is 1. The van der Waals surface area contributed by atoms with Crippen LogP contribution in [0.4, 0.5) is 5.69 Å². The summed E-state index contributed by atoms with van der Waals surface area (Å²) in [6.07, 6.45) is 0.899. The number of carbonyl (C=O) groups is 2. The Morgan fingerprint density at radius 3 is 2.02 bits per heavy atom. The van der Waals surface area contributed by atoms with Crippen LogP contribution in [0.2, 0.25) is 15.1 Å². The second-order valence-corrected chi connectivity index (χ2v) is 13.7. The first-order valence-corrected chi connectivity index (χ1v) is 17.0. The molecule has 4 aromatic rings. The molecule has 0 saturated carbocycles. The molecule has 0 bridgehead atoms. The lowest BCUT2D eigenvalue weighted by Gasteiger charge is -2.34. The standard InChI is InChI=1S/C34H34Cl3N3O4S/c1-3-24(2)38-34(42)32(20-25-10-6-4-7-11-25)39(22-26-14-16-27(35)17-15-26)33(41)23-40(28-18-19-30(36)31(37)21-28)45(43,44)29-12-8-5-9-13-29/h4-19,21,24,32H,3,20,22-23H2,1-2H3,(H,38,42)/t24-,32-/m0/s1. The van der Waals surface area contributed by atoms with E-state index >= 15 is 0 Å². The minimum Gasteiger partial charge on any atom is -0.352 e. The van der Waals surface area contributed by atoms with Gasteiger partial charge in [-0.1, -0.05) is 102 Å². The van der Waals surface area contributed by atoms with E-state index in [9.17, 15) is 18.0 Å². The number of rotatable bonds is 13. The summed E-state index contributed by atoms with van der Waals surface area (Å²) >= 11 is 18.6. The maximum atomic E-state index is 14.5. The van der Waals surface area contributed by atoms with Crippen molar-refractivity contribution in [1.29, 1.82) is 0 Å². The Morgan fingerprint density at radius 2 is 1.42 bits per heavy atom. The van der Waals surface area contributed by atoms with Crippen molar-refractivity contribution in [2.45, 2.75) is 50.2 Å². The summed E-state index contributed by atoms with van der Waals surface area (Å²) in [6.45, 7) is 3.27. The molecule has 0 fully saturated rings. The third-order valence-corrected chi connectivity index (χ3v) is 10.1. The van der Waals surface area contributed by atoms with Gasteiger partial charge in [0.05, 0.1) is 20.6 Å². The SMILES string of the molecule is CC[C@H](C)NC(=O)[C@H](Cc1ccccc1)N(Cc1ccc(Cl)cc1)C(=O)CN(c1ccc(Cl)c(Cl)c1)S(=O)(=O)c1ccccc1. The molecular weight excluding hydrogens is 653 g/mol. The van der Waals surface area contributed by atoms with Crippen LogP contribution in [0.1, 0.15) is 31.4 Å². The highest BCUT2D eigenvalue weighted by molar-refractivity contribution is 7.92. The molecule has 2 atom stereocenters. The van der Waals surface area contributed by atoms with Crippen molar-refractivity contribution in [1.82, 2.24) is 10.2 Å². The molecular formula is C34H34Cl3N3O4S. The van der Waals surface area contributed by atoms with Crippen molar-refractivity contribution in [3.63, 3.8) is 0 Å². The van der Waals surface area contributed by atoms with Gasteiger partial charge in [0.15, 0.2) is 0 Å². The van der Waals surface area contributed by atoms with Gasteiger partial charge in [-0.15, -0.1) is 0 Å². The van der Waals surface area contributed by atoms with Crippen LogP contribution < -0.4 is 9.62 Å². The molecule has 0 saturated heterocycles. The molecule has 4 rings (SSSR count). The smallest absolute Gasteiger partial charge is 0.264 e. The molecule has 0 aromatic heterocycles. The normalized spacial score (nSPS) is 12.6. The van der Waals surface area contributed by atoms with E-state index in [0.717, 1.165) is 9.87 Å². The Balaban J connectivity index is 1.81. The number of hydrogen-bond acceptors (Lipinski definition) is 4. The molecule has 11 heteroatoms. The highest BCUT2D eigenvalue weighted by Gasteiger charge is 2.35. The van der Waals surface area contributed by atoms with Gasteiger partial charge >= 0.3 is 0 Å². The third kappa shape index (κ3) is 9.01. The van der Waals surface area contributed by atoms with Gasteiger partial charge in [-0.2, -0.15) is 0 Å². The second kappa shape index (κ2) is 15.6. The zero-order valence-electron chi connectivity index (χ0n) is 24.9. The molecule has 7 nitrogen and oxygen atoms in total. The van der Waals surface area contributed by atoms with Gasteiger partial charge in [0, 0.05) is 24.0 Å². The largest absolute Gasteiger partial charge is 0.352 e. The number of carbonyl (C=O) groups excluding carboxylic acids is 2. The minimum absolute atomic E-state index is 0.0107. The van der Waals surface area contributed by atoms with Gasteiger partial charge in [0.25, 0.3) is 10.0 Å². The maximum Gasteiger partial charge on any atom is 0.264 e. The van der Waals surface area contributed by atoms with Gasteiger partial charge in [0.1, 0.15) is 12.6 Å². The van der Waals surface area contributed by atoms with Crippen LogP contribution in [-0.2, 0) is 32.6 Å². The minimum atomic E-state index is -4.25. The fraction of sp³-hybridized carbons (Fsp3) is 0.235. The van der Waals surface area contributed by atoms with Crippen LogP contribution in [0, 0.1) is 0 Å². The molecule has 236 valence electrons. The Morgan fingerprint density at radius 1 is 0.800 bits per heavy atom. The second-order valence-electron chi connectivity index (χ2n) is 10.6. The van der Waals surface area contributed by atoms with Gasteiger partial charge in [-0.25, -0.2) is 8.42 Å². The van der Waals surface area contributed by atoms with Crippen molar-refractivity contribution in [2.24, 2.45) is 0 Å². The summed E-state index contributed by atoms with van der Waals surface area (Å²) in [7, 11) is -4.25. The fourth-order valence-electron chi connectivity index (χ4n) is 4.67. The number of nitrogens with zero attached hydrogens (tertiary/aromatic N) is 2. The van der Waals surface area contributed by atoms with Crippen molar-refractivity contribution in [3.05, 3.63) is 129 Å². The zero-order chi connectivity index (χ0) is 32.6. The van der Waals surface area contributed by atoms with E-state index in [1.807, 2.05) is 44.2 Å². The molecule has 45 heavy (non-hydrogen) atoms. The number of hydrogen-bond donors (Lipinski definition) is 1. The van der Waals surface area contributed by atoms with Crippen LogP contribution >= 0.6 is 34.8 Å². The van der Waals surface area contributed by atoms with Gasteiger partial charge < -0.3 is 10.2 Å². The fourth-order valence-corrected chi connectivity index (χ4v) is 6.52. The summed E-state index contributed by atoms with van der Waals surface area (Å²) in [6, 6.07) is 27.4. The summed E-state index contributed by atoms with van der Waals surface area (Å²) in [4.78, 5) is 29.8. The van der Waals surface area contributed by atoms with Crippen LogP contribution in [0.25, 0.3) is 0 Å². The number of sulfonamides is 1. The van der Waals surface area contributed by atoms with E-state index in [2.05, 4.69) is 5.32 Å². The van der Waals surface area contributed by atoms with Crippen molar-refractivity contribution in [3.8, 4) is 0 Å². The van der Waals surface area contributed by atoms with Crippen LogP contribution in [0.5, 0.6) is 0 Å². The number of benzene rings is 4. The molecule has 4 aromatic carbocycles. The van der Waals surface area contributed by atoms with Crippen molar-refractivity contribution in [2.75, 3.05) is 10.8 Å². The van der Waals surface area contributed by atoms with Crippen molar-refractivity contribution < 1.29 is 18.0 Å². The Kier molecular flexibility index (Phi) is 11.9. The van der Waals surface area contributed by atoms with Crippen LogP contribution in [0.3, 0.4) is 0 Å². The topological polar surface area (TPSA) is 86.8 Å². The molecule has 0 radical (unpaired) electrons.